The van der Waals surface area contributed by atoms with Gasteiger partial charge >= 0.3 is 5.97 Å². The molecule has 4 atom stereocenters. The van der Waals surface area contributed by atoms with Gasteiger partial charge in [0.2, 0.25) is 10.0 Å². The maximum absolute atomic E-state index is 13.1. The topological polar surface area (TPSA) is 114 Å². The first-order valence-corrected chi connectivity index (χ1v) is 18.7. The van der Waals surface area contributed by atoms with E-state index in [1.54, 1.807) is 30.3 Å². The summed E-state index contributed by atoms with van der Waals surface area (Å²) < 4.78 is 47.1. The lowest BCUT2D eigenvalue weighted by atomic mass is 9.98. The van der Waals surface area contributed by atoms with Crippen molar-refractivity contribution in [2.24, 2.45) is 0 Å². The standard InChI is InChI=1S/C40H46N2O7S/c1-40(2,3)49-38(44)36-13-8-22-42(36)26-34-24-37(31-16-14-28(27-43)15-17-31)48-39(47-34)32-20-18-30(19-21-32)33-10-7-9-29(23-33)25-41-50(45,46)35-11-5-4-6-12-35/h4-7,9-12,14-21,23,34,36-37,39,41,43H,8,13,22,24-27H2,1-3H3/t34-,36+,37+,39+/m1/s1. The molecule has 0 aliphatic carbocycles. The maximum atomic E-state index is 13.1. The van der Waals surface area contributed by atoms with Gasteiger partial charge in [-0.05, 0) is 86.2 Å². The van der Waals surface area contributed by atoms with Crippen molar-refractivity contribution in [1.82, 2.24) is 9.62 Å². The number of hydrogen-bond acceptors (Lipinski definition) is 8. The second-order valence-electron chi connectivity index (χ2n) is 14.0. The van der Waals surface area contributed by atoms with Gasteiger partial charge in [0.15, 0.2) is 6.29 Å². The van der Waals surface area contributed by atoms with Crippen LogP contribution in [-0.4, -0.2) is 55.2 Å². The molecule has 0 spiro atoms. The highest BCUT2D eigenvalue weighted by Gasteiger charge is 2.39. The monoisotopic (exact) mass is 698 g/mol. The van der Waals surface area contributed by atoms with Crippen LogP contribution in [0, 0.1) is 0 Å². The molecule has 4 aromatic carbocycles. The van der Waals surface area contributed by atoms with E-state index in [1.165, 1.54) is 0 Å². The van der Waals surface area contributed by atoms with Gasteiger partial charge in [0.1, 0.15) is 11.6 Å². The van der Waals surface area contributed by atoms with Crippen molar-refractivity contribution in [3.63, 3.8) is 0 Å². The Morgan fingerprint density at radius 2 is 1.60 bits per heavy atom. The Bertz CT molecular complexity index is 1840. The molecular formula is C40H46N2O7S. The molecule has 50 heavy (non-hydrogen) atoms. The molecule has 2 saturated heterocycles. The normalized spacial score (nSPS) is 21.6. The minimum atomic E-state index is -3.62. The third-order valence-electron chi connectivity index (χ3n) is 9.06. The summed E-state index contributed by atoms with van der Waals surface area (Å²) in [7, 11) is -3.62. The molecule has 0 unspecified atom stereocenters. The summed E-state index contributed by atoms with van der Waals surface area (Å²) >= 11 is 0. The Balaban J connectivity index is 1.18. The number of hydrogen-bond donors (Lipinski definition) is 2. The van der Waals surface area contributed by atoms with E-state index in [-0.39, 0.29) is 42.3 Å². The van der Waals surface area contributed by atoms with Crippen LogP contribution in [-0.2, 0) is 42.2 Å². The second kappa shape index (κ2) is 15.6. The Morgan fingerprint density at radius 1 is 0.880 bits per heavy atom. The van der Waals surface area contributed by atoms with Crippen LogP contribution in [0.3, 0.4) is 0 Å². The number of rotatable bonds is 11. The lowest BCUT2D eigenvalue weighted by Crippen LogP contribution is -2.45. The van der Waals surface area contributed by atoms with Crippen molar-refractivity contribution in [1.29, 1.82) is 0 Å². The molecule has 4 aromatic rings. The average Bonchev–Trinajstić information content (AvgIpc) is 3.59. The number of benzene rings is 4. The Labute approximate surface area is 295 Å². The molecule has 2 N–H and O–H groups in total. The second-order valence-corrected chi connectivity index (χ2v) is 15.8. The highest BCUT2D eigenvalue weighted by Crippen LogP contribution is 2.39. The third-order valence-corrected chi connectivity index (χ3v) is 10.5. The number of esters is 1. The molecule has 2 heterocycles. The number of sulfonamides is 1. The Hall–Kier alpha value is -3.90. The fourth-order valence-electron chi connectivity index (χ4n) is 6.53. The first-order valence-electron chi connectivity index (χ1n) is 17.2. The van der Waals surface area contributed by atoms with Gasteiger partial charge < -0.3 is 19.3 Å². The summed E-state index contributed by atoms with van der Waals surface area (Å²) in [4.78, 5) is 15.5. The molecule has 264 valence electrons. The molecule has 10 heteroatoms. The maximum Gasteiger partial charge on any atom is 0.323 e. The first kappa shape index (κ1) is 35.9. The molecular weight excluding hydrogens is 653 g/mol. The van der Waals surface area contributed by atoms with Gasteiger partial charge in [-0.1, -0.05) is 84.9 Å². The van der Waals surface area contributed by atoms with Crippen molar-refractivity contribution in [3.05, 3.63) is 125 Å². The average molecular weight is 699 g/mol. The van der Waals surface area contributed by atoms with Crippen molar-refractivity contribution in [3.8, 4) is 11.1 Å². The predicted octanol–water partition coefficient (Wildman–Crippen LogP) is 6.68. The van der Waals surface area contributed by atoms with Gasteiger partial charge in [-0.25, -0.2) is 13.1 Å². The van der Waals surface area contributed by atoms with E-state index < -0.39 is 21.9 Å². The highest BCUT2D eigenvalue weighted by molar-refractivity contribution is 7.89. The summed E-state index contributed by atoms with van der Waals surface area (Å²) in [5, 5.41) is 9.57. The number of carbonyl (C=O) groups excluding carboxylic acids is 1. The Kier molecular flexibility index (Phi) is 11.2. The molecule has 9 nitrogen and oxygen atoms in total. The fraction of sp³-hybridized carbons (Fsp3) is 0.375. The van der Waals surface area contributed by atoms with Gasteiger partial charge in [-0.2, -0.15) is 0 Å². The van der Waals surface area contributed by atoms with Gasteiger partial charge in [-0.3, -0.25) is 9.69 Å². The predicted molar refractivity (Wildman–Crippen MR) is 191 cm³/mol. The van der Waals surface area contributed by atoms with E-state index in [2.05, 4.69) is 9.62 Å². The summed E-state index contributed by atoms with van der Waals surface area (Å²) in [6, 6.07) is 31.7. The van der Waals surface area contributed by atoms with Crippen molar-refractivity contribution in [2.75, 3.05) is 13.1 Å². The van der Waals surface area contributed by atoms with Crippen LogP contribution in [0.25, 0.3) is 11.1 Å². The first-order chi connectivity index (χ1) is 24.0. The van der Waals surface area contributed by atoms with Crippen molar-refractivity contribution < 1.29 is 32.5 Å². The summed E-state index contributed by atoms with van der Waals surface area (Å²) in [5.41, 5.74) is 4.93. The number of carbonyl (C=O) groups is 1. The molecule has 0 radical (unpaired) electrons. The number of nitrogens with one attached hydrogen (secondary N) is 1. The summed E-state index contributed by atoms with van der Waals surface area (Å²) in [6.07, 6.45) is 1.22. The van der Waals surface area contributed by atoms with Gasteiger partial charge in [0, 0.05) is 25.1 Å². The van der Waals surface area contributed by atoms with E-state index in [0.717, 1.165) is 52.8 Å². The highest BCUT2D eigenvalue weighted by atomic mass is 32.2. The van der Waals surface area contributed by atoms with E-state index in [0.29, 0.717) is 13.0 Å². The van der Waals surface area contributed by atoms with Crippen LogP contribution >= 0.6 is 0 Å². The number of aliphatic hydroxyl groups is 1. The number of nitrogens with zero attached hydrogens (tertiary/aromatic N) is 1. The Morgan fingerprint density at radius 3 is 2.30 bits per heavy atom. The van der Waals surface area contributed by atoms with Gasteiger partial charge in [-0.15, -0.1) is 0 Å². The largest absolute Gasteiger partial charge is 0.459 e. The van der Waals surface area contributed by atoms with Crippen LogP contribution < -0.4 is 4.72 Å². The van der Waals surface area contributed by atoms with Crippen LogP contribution in [0.5, 0.6) is 0 Å². The van der Waals surface area contributed by atoms with E-state index in [4.69, 9.17) is 14.2 Å². The van der Waals surface area contributed by atoms with Crippen LogP contribution in [0.2, 0.25) is 0 Å². The SMILES string of the molecule is CC(C)(C)OC(=O)[C@@H]1CCCN1C[C@H]1C[C@@H](c2ccc(CO)cc2)O[C@@H](c2ccc(-c3cccc(CNS(=O)(=O)c4ccccc4)c3)cc2)O1. The van der Waals surface area contributed by atoms with E-state index in [9.17, 15) is 18.3 Å². The molecule has 2 fully saturated rings. The molecule has 0 amide bonds. The summed E-state index contributed by atoms with van der Waals surface area (Å²) in [6.45, 7) is 7.19. The third kappa shape index (κ3) is 9.06. The van der Waals surface area contributed by atoms with Crippen molar-refractivity contribution >= 4 is 16.0 Å². The molecule has 0 bridgehead atoms. The molecule has 0 aromatic heterocycles. The number of likely N-dealkylation sites (tertiary alicyclic amines) is 1. The molecule has 2 aliphatic heterocycles. The lowest BCUT2D eigenvalue weighted by molar-refractivity contribution is -0.253. The fourth-order valence-corrected chi connectivity index (χ4v) is 7.57. The minimum Gasteiger partial charge on any atom is -0.459 e. The van der Waals surface area contributed by atoms with Crippen molar-refractivity contribution in [2.45, 2.75) is 88.2 Å². The van der Waals surface area contributed by atoms with Gasteiger partial charge in [0.25, 0.3) is 0 Å². The zero-order chi connectivity index (χ0) is 35.3. The number of aliphatic hydroxyl groups excluding tert-OH is 1. The van der Waals surface area contributed by atoms with Crippen LogP contribution in [0.1, 0.15) is 74.7 Å². The molecule has 0 saturated carbocycles. The molecule has 2 aliphatic rings. The van der Waals surface area contributed by atoms with E-state index in [1.807, 2.05) is 93.6 Å². The smallest absolute Gasteiger partial charge is 0.323 e. The number of ether oxygens (including phenoxy) is 3. The van der Waals surface area contributed by atoms with Crippen LogP contribution in [0.4, 0.5) is 0 Å². The lowest BCUT2D eigenvalue weighted by Gasteiger charge is -2.38. The van der Waals surface area contributed by atoms with Gasteiger partial charge in [0.05, 0.1) is 23.7 Å². The zero-order valence-corrected chi connectivity index (χ0v) is 29.6. The van der Waals surface area contributed by atoms with Crippen LogP contribution in [0.15, 0.2) is 108 Å². The minimum absolute atomic E-state index is 0.0280. The summed E-state index contributed by atoms with van der Waals surface area (Å²) in [5.74, 6) is -0.192. The van der Waals surface area contributed by atoms with E-state index >= 15 is 0 Å². The zero-order valence-electron chi connectivity index (χ0n) is 28.8. The molecule has 6 rings (SSSR count). The quantitative estimate of drug-likeness (QED) is 0.167.